The average Bonchev–Trinajstić information content (AvgIpc) is 3.28. The zero-order valence-corrected chi connectivity index (χ0v) is 21.6. The Morgan fingerprint density at radius 1 is 1.12 bits per heavy atom. The van der Waals surface area contributed by atoms with Gasteiger partial charge in [-0.15, -0.1) is 11.8 Å². The van der Waals surface area contributed by atoms with Crippen molar-refractivity contribution in [2.24, 2.45) is 0 Å². The van der Waals surface area contributed by atoms with E-state index in [0.29, 0.717) is 22.0 Å². The maximum atomic E-state index is 13.4. The summed E-state index contributed by atoms with van der Waals surface area (Å²) in [5.74, 6) is 0.837. The van der Waals surface area contributed by atoms with Crippen molar-refractivity contribution in [3.63, 3.8) is 0 Å². The minimum absolute atomic E-state index is 0.0861. The molecule has 7 heteroatoms. The monoisotopic (exact) mass is 506 g/mol. The second kappa shape index (κ2) is 12.7. The lowest BCUT2D eigenvalue weighted by Crippen LogP contribution is -2.51. The third kappa shape index (κ3) is 7.40. The number of thioether (sulfide) groups is 1. The van der Waals surface area contributed by atoms with Gasteiger partial charge < -0.3 is 10.2 Å². The van der Waals surface area contributed by atoms with Crippen molar-refractivity contribution >= 4 is 46.8 Å². The standard InChI is InChI=1S/C26H32Cl2N2O2S/c1-3-24(26(32)29-20-10-4-5-11-20)30(15-21-22(27)12-7-13-23(21)28)25(31)17-33-16-19-9-6-8-18(2)14-19/h6-9,12-14,20,24H,3-5,10-11,15-17H2,1-2H3,(H,29,32). The van der Waals surface area contributed by atoms with Crippen LogP contribution in [-0.4, -0.2) is 34.6 Å². The van der Waals surface area contributed by atoms with Gasteiger partial charge in [0.05, 0.1) is 5.75 Å². The summed E-state index contributed by atoms with van der Waals surface area (Å²) in [6, 6.07) is 13.2. The largest absolute Gasteiger partial charge is 0.352 e. The highest BCUT2D eigenvalue weighted by molar-refractivity contribution is 7.99. The number of halogens is 2. The fourth-order valence-electron chi connectivity index (χ4n) is 4.28. The molecule has 0 spiro atoms. The molecule has 4 nitrogen and oxygen atoms in total. The Labute approximate surface area is 211 Å². The molecule has 1 aliphatic carbocycles. The molecule has 2 aromatic carbocycles. The lowest BCUT2D eigenvalue weighted by Gasteiger charge is -2.32. The van der Waals surface area contributed by atoms with Crippen LogP contribution in [0.1, 0.15) is 55.7 Å². The maximum absolute atomic E-state index is 13.4. The Kier molecular flexibility index (Phi) is 9.96. The van der Waals surface area contributed by atoms with Gasteiger partial charge in [0.15, 0.2) is 0 Å². The number of rotatable bonds is 10. The number of benzene rings is 2. The van der Waals surface area contributed by atoms with Crippen LogP contribution >= 0.6 is 35.0 Å². The smallest absolute Gasteiger partial charge is 0.243 e. The summed E-state index contributed by atoms with van der Waals surface area (Å²) in [4.78, 5) is 28.3. The van der Waals surface area contributed by atoms with E-state index < -0.39 is 6.04 Å². The van der Waals surface area contributed by atoms with E-state index in [4.69, 9.17) is 23.2 Å². The number of nitrogens with one attached hydrogen (secondary N) is 1. The number of carbonyl (C=O) groups excluding carboxylic acids is 2. The van der Waals surface area contributed by atoms with E-state index in [0.717, 1.165) is 31.4 Å². The summed E-state index contributed by atoms with van der Waals surface area (Å²) in [6.45, 7) is 4.20. The van der Waals surface area contributed by atoms with Gasteiger partial charge >= 0.3 is 0 Å². The van der Waals surface area contributed by atoms with Crippen molar-refractivity contribution in [1.82, 2.24) is 10.2 Å². The Morgan fingerprint density at radius 2 is 1.79 bits per heavy atom. The van der Waals surface area contributed by atoms with Crippen LogP contribution < -0.4 is 5.32 Å². The molecule has 0 bridgehead atoms. The van der Waals surface area contributed by atoms with Crippen LogP contribution in [0, 0.1) is 6.92 Å². The van der Waals surface area contributed by atoms with E-state index >= 15 is 0 Å². The van der Waals surface area contributed by atoms with Gasteiger partial charge in [0, 0.05) is 33.9 Å². The van der Waals surface area contributed by atoms with E-state index in [2.05, 4.69) is 30.4 Å². The zero-order chi connectivity index (χ0) is 23.8. The van der Waals surface area contributed by atoms with E-state index in [-0.39, 0.29) is 30.2 Å². The molecular formula is C26H32Cl2N2O2S. The SMILES string of the molecule is CCC(C(=O)NC1CCCC1)N(Cc1c(Cl)cccc1Cl)C(=O)CSCc1cccc(C)c1. The lowest BCUT2D eigenvalue weighted by molar-refractivity contribution is -0.139. The van der Waals surface area contributed by atoms with Crippen molar-refractivity contribution in [2.45, 2.75) is 70.3 Å². The molecule has 2 aromatic rings. The van der Waals surface area contributed by atoms with Crippen molar-refractivity contribution < 1.29 is 9.59 Å². The molecular weight excluding hydrogens is 475 g/mol. The van der Waals surface area contributed by atoms with Crippen LogP contribution in [0.4, 0.5) is 0 Å². The van der Waals surface area contributed by atoms with Gasteiger partial charge in [-0.25, -0.2) is 0 Å². The van der Waals surface area contributed by atoms with Crippen LogP contribution in [-0.2, 0) is 21.9 Å². The molecule has 0 aromatic heterocycles. The Hall–Kier alpha value is -1.69. The zero-order valence-electron chi connectivity index (χ0n) is 19.3. The summed E-state index contributed by atoms with van der Waals surface area (Å²) in [5, 5.41) is 4.16. The van der Waals surface area contributed by atoms with Gasteiger partial charge in [-0.05, 0) is 43.9 Å². The van der Waals surface area contributed by atoms with E-state index in [1.54, 1.807) is 34.9 Å². The molecule has 0 heterocycles. The number of nitrogens with zero attached hydrogens (tertiary/aromatic N) is 1. The molecule has 178 valence electrons. The predicted molar refractivity (Wildman–Crippen MR) is 139 cm³/mol. The molecule has 3 rings (SSSR count). The highest BCUT2D eigenvalue weighted by Gasteiger charge is 2.31. The molecule has 0 saturated heterocycles. The fraction of sp³-hybridized carbons (Fsp3) is 0.462. The second-order valence-electron chi connectivity index (χ2n) is 8.62. The molecule has 33 heavy (non-hydrogen) atoms. The molecule has 1 N–H and O–H groups in total. The third-order valence-electron chi connectivity index (χ3n) is 6.05. The molecule has 1 atom stereocenters. The van der Waals surface area contributed by atoms with Crippen LogP contribution in [0.25, 0.3) is 0 Å². The minimum atomic E-state index is -0.565. The van der Waals surface area contributed by atoms with E-state index in [1.165, 1.54) is 11.1 Å². The van der Waals surface area contributed by atoms with Gasteiger partial charge in [0.2, 0.25) is 11.8 Å². The molecule has 0 aliphatic heterocycles. The quantitative estimate of drug-likeness (QED) is 0.405. The molecule has 1 unspecified atom stereocenters. The van der Waals surface area contributed by atoms with Crippen molar-refractivity contribution in [1.29, 1.82) is 0 Å². The number of carbonyl (C=O) groups is 2. The Balaban J connectivity index is 1.75. The van der Waals surface area contributed by atoms with Crippen LogP contribution in [0.3, 0.4) is 0 Å². The number of hydrogen-bond donors (Lipinski definition) is 1. The van der Waals surface area contributed by atoms with Crippen molar-refractivity contribution in [3.05, 3.63) is 69.2 Å². The van der Waals surface area contributed by atoms with Crippen molar-refractivity contribution in [2.75, 3.05) is 5.75 Å². The lowest BCUT2D eigenvalue weighted by atomic mass is 10.1. The van der Waals surface area contributed by atoms with Gasteiger partial charge in [-0.3, -0.25) is 9.59 Å². The maximum Gasteiger partial charge on any atom is 0.243 e. The van der Waals surface area contributed by atoms with Gasteiger partial charge in [0.1, 0.15) is 6.04 Å². The number of hydrogen-bond acceptors (Lipinski definition) is 3. The highest BCUT2D eigenvalue weighted by atomic mass is 35.5. The molecule has 1 fully saturated rings. The summed E-state index contributed by atoms with van der Waals surface area (Å²) in [6.07, 6.45) is 4.79. The summed E-state index contributed by atoms with van der Waals surface area (Å²) < 4.78 is 0. The molecule has 1 saturated carbocycles. The Morgan fingerprint density at radius 3 is 2.42 bits per heavy atom. The van der Waals surface area contributed by atoms with E-state index in [1.807, 2.05) is 13.0 Å². The second-order valence-corrected chi connectivity index (χ2v) is 10.4. The third-order valence-corrected chi connectivity index (χ3v) is 7.75. The van der Waals surface area contributed by atoms with Gasteiger partial charge in [0.25, 0.3) is 0 Å². The average molecular weight is 508 g/mol. The minimum Gasteiger partial charge on any atom is -0.352 e. The highest BCUT2D eigenvalue weighted by Crippen LogP contribution is 2.28. The first kappa shape index (κ1) is 25.9. The predicted octanol–water partition coefficient (Wildman–Crippen LogP) is 6.40. The molecule has 2 amide bonds. The van der Waals surface area contributed by atoms with Gasteiger partial charge in [-0.1, -0.05) is 78.9 Å². The fourth-order valence-corrected chi connectivity index (χ4v) is 5.66. The summed E-state index contributed by atoms with van der Waals surface area (Å²) in [5.41, 5.74) is 3.05. The first-order chi connectivity index (χ1) is 15.9. The van der Waals surface area contributed by atoms with Crippen LogP contribution in [0.5, 0.6) is 0 Å². The van der Waals surface area contributed by atoms with Gasteiger partial charge in [-0.2, -0.15) is 0 Å². The Bertz CT molecular complexity index is 943. The number of amides is 2. The van der Waals surface area contributed by atoms with Crippen molar-refractivity contribution in [3.8, 4) is 0 Å². The molecule has 0 radical (unpaired) electrons. The normalized spacial score (nSPS) is 14.8. The van der Waals surface area contributed by atoms with Crippen LogP contribution in [0.15, 0.2) is 42.5 Å². The first-order valence-corrected chi connectivity index (χ1v) is 13.5. The van der Waals surface area contributed by atoms with E-state index in [9.17, 15) is 9.59 Å². The first-order valence-electron chi connectivity index (χ1n) is 11.5. The molecule has 1 aliphatic rings. The number of aryl methyl sites for hydroxylation is 1. The summed E-state index contributed by atoms with van der Waals surface area (Å²) >= 11 is 14.4. The summed E-state index contributed by atoms with van der Waals surface area (Å²) in [7, 11) is 0. The topological polar surface area (TPSA) is 49.4 Å². The van der Waals surface area contributed by atoms with Crippen LogP contribution in [0.2, 0.25) is 10.0 Å².